The third kappa shape index (κ3) is 3.31. The lowest BCUT2D eigenvalue weighted by atomic mass is 9.92. The number of rotatable bonds is 3. The van der Waals surface area contributed by atoms with Crippen LogP contribution in [0.1, 0.15) is 38.0 Å². The molecule has 1 saturated heterocycles. The van der Waals surface area contributed by atoms with Gasteiger partial charge in [0, 0.05) is 29.4 Å². The number of hydrogen-bond donors (Lipinski definition) is 1. The van der Waals surface area contributed by atoms with Gasteiger partial charge in [0.1, 0.15) is 0 Å². The molecule has 8 heteroatoms. The number of likely N-dealkylation sites (tertiary alicyclic amines) is 1. The molecule has 1 aliphatic heterocycles. The summed E-state index contributed by atoms with van der Waals surface area (Å²) < 4.78 is 5.47. The van der Waals surface area contributed by atoms with E-state index in [1.165, 1.54) is 0 Å². The van der Waals surface area contributed by atoms with Crippen LogP contribution in [0.15, 0.2) is 39.5 Å². The van der Waals surface area contributed by atoms with Gasteiger partial charge in [-0.3, -0.25) is 4.79 Å². The second kappa shape index (κ2) is 6.93. The van der Waals surface area contributed by atoms with Crippen LogP contribution in [0, 0.1) is 0 Å². The number of allylic oxidation sites excluding steroid dienone is 3. The molecule has 6 nitrogen and oxygen atoms in total. The lowest BCUT2D eigenvalue weighted by Crippen LogP contribution is -2.45. The van der Waals surface area contributed by atoms with Crippen LogP contribution >= 0.6 is 23.2 Å². The highest BCUT2D eigenvalue weighted by Crippen LogP contribution is 2.32. The van der Waals surface area contributed by atoms with Crippen molar-refractivity contribution in [2.75, 3.05) is 6.54 Å². The first-order chi connectivity index (χ1) is 12.5. The summed E-state index contributed by atoms with van der Waals surface area (Å²) in [6, 6.07) is 1.92. The van der Waals surface area contributed by atoms with Crippen molar-refractivity contribution in [1.29, 1.82) is 0 Å². The standard InChI is InChI=1S/C18H18Cl2N4O2/c1-10-2-3-12(9-24(10)18(25)11-4-5-13(19)6-11)17-22-16(23-26-17)15-7-14(20)8-21-15/h5-8,10,12,21H,2-4,9H2,1H3/t10-,12+/m1/s1. The van der Waals surface area contributed by atoms with Gasteiger partial charge in [0.25, 0.3) is 0 Å². The number of nitrogens with zero attached hydrogens (tertiary/aromatic N) is 3. The van der Waals surface area contributed by atoms with E-state index < -0.39 is 0 Å². The Morgan fingerprint density at radius 3 is 2.92 bits per heavy atom. The lowest BCUT2D eigenvalue weighted by Gasteiger charge is -2.37. The van der Waals surface area contributed by atoms with E-state index in [4.69, 9.17) is 27.7 Å². The van der Waals surface area contributed by atoms with Gasteiger partial charge in [0.05, 0.1) is 16.6 Å². The van der Waals surface area contributed by atoms with Crippen LogP contribution in [-0.2, 0) is 4.79 Å². The van der Waals surface area contributed by atoms with Gasteiger partial charge in [-0.15, -0.1) is 0 Å². The third-order valence-electron chi connectivity index (χ3n) is 4.93. The molecular weight excluding hydrogens is 375 g/mol. The van der Waals surface area contributed by atoms with Crippen molar-refractivity contribution < 1.29 is 9.32 Å². The maximum absolute atomic E-state index is 12.8. The van der Waals surface area contributed by atoms with Crippen molar-refractivity contribution in [1.82, 2.24) is 20.0 Å². The number of halogens is 2. The fourth-order valence-electron chi connectivity index (χ4n) is 3.42. The zero-order valence-electron chi connectivity index (χ0n) is 14.2. The second-order valence-electron chi connectivity index (χ2n) is 6.73. The Morgan fingerprint density at radius 1 is 1.38 bits per heavy atom. The molecule has 2 atom stereocenters. The summed E-state index contributed by atoms with van der Waals surface area (Å²) in [4.78, 5) is 22.2. The Bertz CT molecular complexity index is 899. The monoisotopic (exact) mass is 392 g/mol. The van der Waals surface area contributed by atoms with E-state index in [2.05, 4.69) is 22.0 Å². The first-order valence-electron chi connectivity index (χ1n) is 8.56. The number of carbonyl (C=O) groups is 1. The number of H-pyrrole nitrogens is 1. The summed E-state index contributed by atoms with van der Waals surface area (Å²) in [6.45, 7) is 2.63. The first kappa shape index (κ1) is 17.4. The van der Waals surface area contributed by atoms with E-state index >= 15 is 0 Å². The van der Waals surface area contributed by atoms with Gasteiger partial charge >= 0.3 is 0 Å². The van der Waals surface area contributed by atoms with E-state index in [0.717, 1.165) is 18.4 Å². The maximum Gasteiger partial charge on any atom is 0.250 e. The van der Waals surface area contributed by atoms with Crippen molar-refractivity contribution in [3.63, 3.8) is 0 Å². The topological polar surface area (TPSA) is 75.0 Å². The molecule has 0 bridgehead atoms. The van der Waals surface area contributed by atoms with Crippen LogP contribution in [0.5, 0.6) is 0 Å². The zero-order valence-corrected chi connectivity index (χ0v) is 15.7. The number of hydrogen-bond acceptors (Lipinski definition) is 4. The number of amides is 1. The molecule has 26 heavy (non-hydrogen) atoms. The summed E-state index contributed by atoms with van der Waals surface area (Å²) in [5.41, 5.74) is 1.44. The molecular formula is C18H18Cl2N4O2. The van der Waals surface area contributed by atoms with Crippen LogP contribution in [0.4, 0.5) is 0 Å². The third-order valence-corrected chi connectivity index (χ3v) is 5.41. The number of piperidine rings is 1. The fraction of sp³-hybridized carbons (Fsp3) is 0.389. The highest BCUT2D eigenvalue weighted by molar-refractivity contribution is 6.32. The predicted octanol–water partition coefficient (Wildman–Crippen LogP) is 4.27. The minimum absolute atomic E-state index is 0.0206. The number of aromatic amines is 1. The highest BCUT2D eigenvalue weighted by atomic mass is 35.5. The molecule has 1 aliphatic carbocycles. The number of nitrogens with one attached hydrogen (secondary N) is 1. The van der Waals surface area contributed by atoms with E-state index in [0.29, 0.717) is 40.4 Å². The number of aromatic nitrogens is 3. The molecule has 0 aromatic carbocycles. The summed E-state index contributed by atoms with van der Waals surface area (Å²) in [6.07, 6.45) is 7.65. The molecule has 3 heterocycles. The van der Waals surface area contributed by atoms with Gasteiger partial charge in [-0.1, -0.05) is 34.4 Å². The van der Waals surface area contributed by atoms with Crippen molar-refractivity contribution in [3.05, 3.63) is 45.9 Å². The first-order valence-corrected chi connectivity index (χ1v) is 9.32. The van der Waals surface area contributed by atoms with Gasteiger partial charge < -0.3 is 14.4 Å². The average Bonchev–Trinajstić information content (AvgIpc) is 3.35. The molecule has 0 saturated carbocycles. The Morgan fingerprint density at radius 2 is 2.23 bits per heavy atom. The molecule has 2 aromatic rings. The molecule has 2 aliphatic rings. The van der Waals surface area contributed by atoms with E-state index in [9.17, 15) is 4.79 Å². The van der Waals surface area contributed by atoms with Crippen LogP contribution in [0.25, 0.3) is 11.5 Å². The van der Waals surface area contributed by atoms with E-state index in [1.807, 2.05) is 11.0 Å². The van der Waals surface area contributed by atoms with E-state index in [1.54, 1.807) is 18.3 Å². The lowest BCUT2D eigenvalue weighted by molar-refractivity contribution is -0.130. The summed E-state index contributed by atoms with van der Waals surface area (Å²) in [5.74, 6) is 1.07. The minimum atomic E-state index is 0.0206. The van der Waals surface area contributed by atoms with Crippen molar-refractivity contribution in [3.8, 4) is 11.5 Å². The SMILES string of the molecule is C[C@@H]1CC[C@H](c2nc(-c3cc(Cl)c[nH]3)no2)CN1C(=O)C1=CC(Cl)=CC1. The molecule has 4 rings (SSSR count). The van der Waals surface area contributed by atoms with Crippen LogP contribution in [0.2, 0.25) is 5.02 Å². The molecule has 0 unspecified atom stereocenters. The smallest absolute Gasteiger partial charge is 0.250 e. The maximum atomic E-state index is 12.8. The molecule has 0 spiro atoms. The van der Waals surface area contributed by atoms with Crippen LogP contribution in [0.3, 0.4) is 0 Å². The summed E-state index contributed by atoms with van der Waals surface area (Å²) in [5, 5.41) is 5.25. The van der Waals surface area contributed by atoms with Gasteiger partial charge in [0.2, 0.25) is 17.6 Å². The van der Waals surface area contributed by atoms with Crippen LogP contribution in [-0.4, -0.2) is 38.5 Å². The quantitative estimate of drug-likeness (QED) is 0.845. The normalized spacial score (nSPS) is 23.1. The predicted molar refractivity (Wildman–Crippen MR) is 98.9 cm³/mol. The Labute approximate surface area is 160 Å². The second-order valence-corrected chi connectivity index (χ2v) is 7.60. The highest BCUT2D eigenvalue weighted by Gasteiger charge is 2.34. The van der Waals surface area contributed by atoms with Crippen LogP contribution < -0.4 is 0 Å². The van der Waals surface area contributed by atoms with E-state index in [-0.39, 0.29) is 17.9 Å². The van der Waals surface area contributed by atoms with Crippen molar-refractivity contribution in [2.45, 2.75) is 38.1 Å². The average molecular weight is 393 g/mol. The molecule has 0 radical (unpaired) electrons. The Kier molecular flexibility index (Phi) is 4.63. The fourth-order valence-corrected chi connectivity index (χ4v) is 3.80. The van der Waals surface area contributed by atoms with Gasteiger partial charge in [-0.05, 0) is 38.3 Å². The van der Waals surface area contributed by atoms with Crippen molar-refractivity contribution >= 4 is 29.1 Å². The summed E-state index contributed by atoms with van der Waals surface area (Å²) in [7, 11) is 0. The molecule has 136 valence electrons. The Hall–Kier alpha value is -2.05. The number of carbonyl (C=O) groups excluding carboxylic acids is 1. The van der Waals surface area contributed by atoms with Gasteiger partial charge in [0.15, 0.2) is 0 Å². The van der Waals surface area contributed by atoms with Gasteiger partial charge in [-0.25, -0.2) is 0 Å². The molecule has 1 fully saturated rings. The van der Waals surface area contributed by atoms with Gasteiger partial charge in [-0.2, -0.15) is 4.98 Å². The molecule has 2 aromatic heterocycles. The molecule has 1 N–H and O–H groups in total. The summed E-state index contributed by atoms with van der Waals surface area (Å²) >= 11 is 11.9. The zero-order chi connectivity index (χ0) is 18.3. The largest absolute Gasteiger partial charge is 0.357 e. The minimum Gasteiger partial charge on any atom is -0.357 e. The Balaban J connectivity index is 1.51. The molecule has 1 amide bonds. The van der Waals surface area contributed by atoms with Crippen molar-refractivity contribution in [2.24, 2.45) is 0 Å².